The molecular formula is C12H17NO2. The summed E-state index contributed by atoms with van der Waals surface area (Å²) in [6.45, 7) is 2.07. The Bertz CT molecular complexity index is 291. The number of nitrogens with zero attached hydrogens (tertiary/aromatic N) is 1. The summed E-state index contributed by atoms with van der Waals surface area (Å²) in [6, 6.07) is 7.71. The van der Waals surface area contributed by atoms with E-state index in [0.717, 1.165) is 24.6 Å². The summed E-state index contributed by atoms with van der Waals surface area (Å²) in [7, 11) is 1.67. The molecule has 1 saturated heterocycles. The lowest BCUT2D eigenvalue weighted by atomic mass is 10.2. The molecule has 0 N–H and O–H groups in total. The molecule has 0 saturated carbocycles. The Hall–Kier alpha value is -1.22. The van der Waals surface area contributed by atoms with E-state index in [1.165, 1.54) is 19.3 Å². The van der Waals surface area contributed by atoms with Crippen molar-refractivity contribution >= 4 is 0 Å². The van der Waals surface area contributed by atoms with Crippen LogP contribution < -0.4 is 9.57 Å². The van der Waals surface area contributed by atoms with Gasteiger partial charge in [-0.2, -0.15) is 0 Å². The van der Waals surface area contributed by atoms with Crippen LogP contribution in [0.15, 0.2) is 24.3 Å². The highest BCUT2D eigenvalue weighted by molar-refractivity contribution is 5.30. The van der Waals surface area contributed by atoms with Crippen molar-refractivity contribution in [1.29, 1.82) is 0 Å². The van der Waals surface area contributed by atoms with Crippen LogP contribution >= 0.6 is 0 Å². The van der Waals surface area contributed by atoms with E-state index < -0.39 is 0 Å². The van der Waals surface area contributed by atoms with Crippen molar-refractivity contribution in [3.05, 3.63) is 24.3 Å². The summed E-state index contributed by atoms with van der Waals surface area (Å²) in [4.78, 5) is 5.73. The van der Waals surface area contributed by atoms with Crippen LogP contribution in [0.4, 0.5) is 0 Å². The Kier molecular flexibility index (Phi) is 3.45. The van der Waals surface area contributed by atoms with Crippen molar-refractivity contribution in [2.45, 2.75) is 19.3 Å². The number of hydrogen-bond donors (Lipinski definition) is 0. The Morgan fingerprint density at radius 3 is 2.13 bits per heavy atom. The Labute approximate surface area is 90.6 Å². The predicted octanol–water partition coefficient (Wildman–Crippen LogP) is 2.47. The largest absolute Gasteiger partial charge is 0.497 e. The number of hydroxylamine groups is 2. The first kappa shape index (κ1) is 10.3. The van der Waals surface area contributed by atoms with Crippen LogP contribution in [0.25, 0.3) is 0 Å². The minimum atomic E-state index is 0.862. The van der Waals surface area contributed by atoms with Crippen LogP contribution in [0.5, 0.6) is 11.5 Å². The quantitative estimate of drug-likeness (QED) is 0.760. The van der Waals surface area contributed by atoms with Crippen LogP contribution in [0.3, 0.4) is 0 Å². The average Bonchev–Trinajstić information content (AvgIpc) is 2.31. The summed E-state index contributed by atoms with van der Waals surface area (Å²) >= 11 is 0. The smallest absolute Gasteiger partial charge is 0.147 e. The van der Waals surface area contributed by atoms with Crippen LogP contribution in [0.1, 0.15) is 19.3 Å². The number of methoxy groups -OCH3 is 1. The third-order valence-electron chi connectivity index (χ3n) is 2.61. The predicted molar refractivity (Wildman–Crippen MR) is 59.0 cm³/mol. The van der Waals surface area contributed by atoms with E-state index in [2.05, 4.69) is 0 Å². The fourth-order valence-corrected chi connectivity index (χ4v) is 1.74. The molecular weight excluding hydrogens is 190 g/mol. The molecule has 1 aliphatic rings. The van der Waals surface area contributed by atoms with E-state index in [9.17, 15) is 0 Å². The summed E-state index contributed by atoms with van der Waals surface area (Å²) in [6.07, 6.45) is 3.79. The van der Waals surface area contributed by atoms with Gasteiger partial charge < -0.3 is 9.57 Å². The van der Waals surface area contributed by atoms with Gasteiger partial charge in [0.2, 0.25) is 0 Å². The van der Waals surface area contributed by atoms with Crippen molar-refractivity contribution in [3.8, 4) is 11.5 Å². The fourth-order valence-electron chi connectivity index (χ4n) is 1.74. The van der Waals surface area contributed by atoms with E-state index >= 15 is 0 Å². The van der Waals surface area contributed by atoms with Gasteiger partial charge in [0.1, 0.15) is 11.5 Å². The van der Waals surface area contributed by atoms with Crippen molar-refractivity contribution in [1.82, 2.24) is 5.06 Å². The van der Waals surface area contributed by atoms with Gasteiger partial charge in [0.15, 0.2) is 0 Å². The molecule has 1 heterocycles. The van der Waals surface area contributed by atoms with Gasteiger partial charge in [-0.25, -0.2) is 0 Å². The molecule has 0 bridgehead atoms. The summed E-state index contributed by atoms with van der Waals surface area (Å²) in [5, 5.41) is 2.03. The van der Waals surface area contributed by atoms with Gasteiger partial charge in [0, 0.05) is 13.1 Å². The monoisotopic (exact) mass is 207 g/mol. The minimum absolute atomic E-state index is 0.862. The maximum Gasteiger partial charge on any atom is 0.147 e. The van der Waals surface area contributed by atoms with Crippen molar-refractivity contribution in [3.63, 3.8) is 0 Å². The molecule has 0 radical (unpaired) electrons. The zero-order valence-electron chi connectivity index (χ0n) is 9.11. The Balaban J connectivity index is 1.91. The molecule has 1 aliphatic heterocycles. The van der Waals surface area contributed by atoms with Crippen LogP contribution in [0, 0.1) is 0 Å². The van der Waals surface area contributed by atoms with Gasteiger partial charge in [-0.15, -0.1) is 5.06 Å². The maximum atomic E-state index is 5.73. The highest BCUT2D eigenvalue weighted by Gasteiger charge is 2.11. The number of hydrogen-bond acceptors (Lipinski definition) is 3. The normalized spacial score (nSPS) is 17.4. The number of benzene rings is 1. The second-order valence-corrected chi connectivity index (χ2v) is 3.76. The van der Waals surface area contributed by atoms with Crippen molar-refractivity contribution < 1.29 is 9.57 Å². The van der Waals surface area contributed by atoms with E-state index in [4.69, 9.17) is 9.57 Å². The van der Waals surface area contributed by atoms with E-state index in [1.54, 1.807) is 7.11 Å². The first-order chi connectivity index (χ1) is 7.38. The number of rotatable bonds is 3. The van der Waals surface area contributed by atoms with E-state index in [0.29, 0.717) is 0 Å². The third kappa shape index (κ3) is 2.86. The molecule has 0 amide bonds. The van der Waals surface area contributed by atoms with Crippen molar-refractivity contribution in [2.24, 2.45) is 0 Å². The average molecular weight is 207 g/mol. The molecule has 82 valence electrons. The Morgan fingerprint density at radius 1 is 0.933 bits per heavy atom. The van der Waals surface area contributed by atoms with E-state index in [-0.39, 0.29) is 0 Å². The number of ether oxygens (including phenoxy) is 1. The molecule has 3 nitrogen and oxygen atoms in total. The summed E-state index contributed by atoms with van der Waals surface area (Å²) in [5.74, 6) is 1.75. The molecule has 3 heteroatoms. The second kappa shape index (κ2) is 5.03. The van der Waals surface area contributed by atoms with Gasteiger partial charge in [-0.05, 0) is 37.1 Å². The lowest BCUT2D eigenvalue weighted by molar-refractivity contribution is -0.0720. The first-order valence-corrected chi connectivity index (χ1v) is 5.45. The second-order valence-electron chi connectivity index (χ2n) is 3.76. The van der Waals surface area contributed by atoms with Crippen LogP contribution in [-0.2, 0) is 0 Å². The standard InChI is InChI=1S/C12H17NO2/c1-14-11-5-7-12(8-6-11)15-13-9-3-2-4-10-13/h5-8H,2-4,9-10H2,1H3. The van der Waals surface area contributed by atoms with Crippen LogP contribution in [-0.4, -0.2) is 25.3 Å². The minimum Gasteiger partial charge on any atom is -0.497 e. The molecule has 0 atom stereocenters. The van der Waals surface area contributed by atoms with E-state index in [1.807, 2.05) is 29.3 Å². The third-order valence-corrected chi connectivity index (χ3v) is 2.61. The molecule has 0 unspecified atom stereocenters. The van der Waals surface area contributed by atoms with Gasteiger partial charge in [0.25, 0.3) is 0 Å². The summed E-state index contributed by atoms with van der Waals surface area (Å²) in [5.41, 5.74) is 0. The highest BCUT2D eigenvalue weighted by atomic mass is 16.7. The Morgan fingerprint density at radius 2 is 1.53 bits per heavy atom. The van der Waals surface area contributed by atoms with Gasteiger partial charge in [-0.1, -0.05) is 6.42 Å². The topological polar surface area (TPSA) is 21.7 Å². The van der Waals surface area contributed by atoms with Gasteiger partial charge >= 0.3 is 0 Å². The first-order valence-electron chi connectivity index (χ1n) is 5.45. The molecule has 15 heavy (non-hydrogen) atoms. The summed E-state index contributed by atoms with van der Waals surface area (Å²) < 4.78 is 5.09. The maximum absolute atomic E-state index is 5.73. The van der Waals surface area contributed by atoms with Crippen molar-refractivity contribution in [2.75, 3.05) is 20.2 Å². The lowest BCUT2D eigenvalue weighted by Gasteiger charge is -2.25. The van der Waals surface area contributed by atoms with Gasteiger partial charge in [0.05, 0.1) is 7.11 Å². The number of piperidine rings is 1. The molecule has 0 aliphatic carbocycles. The highest BCUT2D eigenvalue weighted by Crippen LogP contribution is 2.19. The molecule has 2 rings (SSSR count). The lowest BCUT2D eigenvalue weighted by Crippen LogP contribution is -2.32. The molecule has 1 fully saturated rings. The molecule has 0 aromatic heterocycles. The fraction of sp³-hybridized carbons (Fsp3) is 0.500. The SMILES string of the molecule is COc1ccc(ON2CCCCC2)cc1. The molecule has 1 aromatic rings. The van der Waals surface area contributed by atoms with Crippen LogP contribution in [0.2, 0.25) is 0 Å². The zero-order valence-corrected chi connectivity index (χ0v) is 9.11. The van der Waals surface area contributed by atoms with Gasteiger partial charge in [-0.3, -0.25) is 0 Å². The molecule has 1 aromatic carbocycles. The zero-order chi connectivity index (χ0) is 10.5. The molecule has 0 spiro atoms.